The molecule has 29 heavy (non-hydrogen) atoms. The maximum atomic E-state index is 13.1. The van der Waals surface area contributed by atoms with Crippen molar-refractivity contribution in [2.24, 2.45) is 0 Å². The summed E-state index contributed by atoms with van der Waals surface area (Å²) >= 11 is 0. The zero-order chi connectivity index (χ0) is 21.2. The highest BCUT2D eigenvalue weighted by atomic mass is 32.2. The third kappa shape index (κ3) is 4.66. The molecule has 0 spiro atoms. The molecule has 0 aliphatic rings. The molecule has 0 aromatic heterocycles. The van der Waals surface area contributed by atoms with Crippen molar-refractivity contribution in [3.8, 4) is 0 Å². The Kier molecular flexibility index (Phi) is 5.75. The van der Waals surface area contributed by atoms with Gasteiger partial charge in [0.05, 0.1) is 10.6 Å². The van der Waals surface area contributed by atoms with Gasteiger partial charge in [-0.1, -0.05) is 24.3 Å². The van der Waals surface area contributed by atoms with Crippen molar-refractivity contribution in [1.82, 2.24) is 0 Å². The van der Waals surface area contributed by atoms with Crippen LogP contribution in [0.15, 0.2) is 71.6 Å². The molecule has 0 saturated carbocycles. The molecule has 150 valence electrons. The molecule has 0 fully saturated rings. The van der Waals surface area contributed by atoms with Crippen molar-refractivity contribution in [3.63, 3.8) is 0 Å². The fourth-order valence-electron chi connectivity index (χ4n) is 3.17. The van der Waals surface area contributed by atoms with Crippen molar-refractivity contribution in [2.45, 2.75) is 25.7 Å². The molecule has 0 bridgehead atoms. The molecule has 5 nitrogen and oxygen atoms in total. The van der Waals surface area contributed by atoms with Crippen LogP contribution in [-0.4, -0.2) is 21.4 Å². The highest BCUT2D eigenvalue weighted by Crippen LogP contribution is 2.24. The Hall–Kier alpha value is -3.12. The van der Waals surface area contributed by atoms with Crippen molar-refractivity contribution in [1.29, 1.82) is 0 Å². The molecule has 1 amide bonds. The van der Waals surface area contributed by atoms with Crippen molar-refractivity contribution >= 4 is 27.3 Å². The van der Waals surface area contributed by atoms with E-state index in [0.717, 1.165) is 16.7 Å². The lowest BCUT2D eigenvalue weighted by Gasteiger charge is -2.20. The molecule has 3 aromatic rings. The predicted octanol–water partition coefficient (Wildman–Crippen LogP) is 4.69. The number of aryl methyl sites for hydroxylation is 3. The topological polar surface area (TPSA) is 66.5 Å². The van der Waals surface area contributed by atoms with Gasteiger partial charge in [0.1, 0.15) is 0 Å². The Bertz CT molecular complexity index is 1150. The molecule has 0 unspecified atom stereocenters. The quantitative estimate of drug-likeness (QED) is 0.666. The summed E-state index contributed by atoms with van der Waals surface area (Å²) in [4.78, 5) is 12.7. The second-order valence-electron chi connectivity index (χ2n) is 7.17. The van der Waals surface area contributed by atoms with Crippen LogP contribution >= 0.6 is 0 Å². The Morgan fingerprint density at radius 3 is 2.14 bits per heavy atom. The number of anilines is 2. The van der Waals surface area contributed by atoms with E-state index >= 15 is 0 Å². The van der Waals surface area contributed by atoms with Gasteiger partial charge >= 0.3 is 0 Å². The lowest BCUT2D eigenvalue weighted by atomic mass is 10.1. The third-order valence-electron chi connectivity index (χ3n) is 4.60. The van der Waals surface area contributed by atoms with Gasteiger partial charge in [-0.25, -0.2) is 8.42 Å². The van der Waals surface area contributed by atoms with Gasteiger partial charge in [0, 0.05) is 18.3 Å². The molecule has 0 saturated heterocycles. The summed E-state index contributed by atoms with van der Waals surface area (Å²) in [6, 6.07) is 19.1. The lowest BCUT2D eigenvalue weighted by Crippen LogP contribution is -2.27. The maximum Gasteiger partial charge on any atom is 0.264 e. The van der Waals surface area contributed by atoms with E-state index in [1.807, 2.05) is 51.1 Å². The van der Waals surface area contributed by atoms with Gasteiger partial charge in [-0.2, -0.15) is 0 Å². The van der Waals surface area contributed by atoms with E-state index in [9.17, 15) is 13.2 Å². The highest BCUT2D eigenvalue weighted by Gasteiger charge is 2.22. The summed E-state index contributed by atoms with van der Waals surface area (Å²) in [6.07, 6.45) is 0. The number of benzene rings is 3. The van der Waals surface area contributed by atoms with E-state index in [4.69, 9.17) is 0 Å². The number of hydrogen-bond donors (Lipinski definition) is 1. The number of carbonyl (C=O) groups is 1. The van der Waals surface area contributed by atoms with E-state index in [0.29, 0.717) is 11.4 Å². The van der Waals surface area contributed by atoms with Crippen LogP contribution in [0.5, 0.6) is 0 Å². The van der Waals surface area contributed by atoms with Crippen LogP contribution in [0.2, 0.25) is 0 Å². The standard InChI is InChI=1S/C23H24N2O3S/c1-16-7-5-9-21(14-16)25(4)29(27,28)22-10-6-8-19(15-22)23(26)24-20-12-17(2)11-18(3)13-20/h5-15H,1-4H3,(H,24,26). The first-order valence-electron chi connectivity index (χ1n) is 9.22. The minimum Gasteiger partial charge on any atom is -0.322 e. The number of carbonyl (C=O) groups excluding carboxylic acids is 1. The molecular weight excluding hydrogens is 384 g/mol. The van der Waals surface area contributed by atoms with Crippen LogP contribution in [-0.2, 0) is 10.0 Å². The first-order valence-corrected chi connectivity index (χ1v) is 10.7. The Labute approximate surface area is 172 Å². The number of amides is 1. The average molecular weight is 409 g/mol. The van der Waals surface area contributed by atoms with Crippen LogP contribution < -0.4 is 9.62 Å². The average Bonchev–Trinajstić information content (AvgIpc) is 2.66. The van der Waals surface area contributed by atoms with E-state index in [2.05, 4.69) is 5.32 Å². The van der Waals surface area contributed by atoms with Gasteiger partial charge in [-0.05, 0) is 79.9 Å². The van der Waals surface area contributed by atoms with Crippen LogP contribution in [0, 0.1) is 20.8 Å². The van der Waals surface area contributed by atoms with Crippen LogP contribution in [0.25, 0.3) is 0 Å². The number of sulfonamides is 1. The van der Waals surface area contributed by atoms with Crippen LogP contribution in [0.4, 0.5) is 11.4 Å². The molecule has 0 heterocycles. The first-order chi connectivity index (χ1) is 13.7. The number of hydrogen-bond acceptors (Lipinski definition) is 3. The van der Waals surface area contributed by atoms with E-state index in [1.165, 1.54) is 23.5 Å². The van der Waals surface area contributed by atoms with Gasteiger partial charge in [0.15, 0.2) is 0 Å². The molecule has 0 aliphatic heterocycles. The van der Waals surface area contributed by atoms with Crippen molar-refractivity contribution < 1.29 is 13.2 Å². The Balaban J connectivity index is 1.89. The lowest BCUT2D eigenvalue weighted by molar-refractivity contribution is 0.102. The van der Waals surface area contributed by atoms with Gasteiger partial charge in [0.25, 0.3) is 15.9 Å². The fourth-order valence-corrected chi connectivity index (χ4v) is 4.40. The summed E-state index contributed by atoms with van der Waals surface area (Å²) in [7, 11) is -2.29. The largest absolute Gasteiger partial charge is 0.322 e. The third-order valence-corrected chi connectivity index (χ3v) is 6.38. The number of nitrogens with zero attached hydrogens (tertiary/aromatic N) is 1. The Morgan fingerprint density at radius 2 is 1.48 bits per heavy atom. The summed E-state index contributed by atoms with van der Waals surface area (Å²) in [5.74, 6) is -0.356. The second-order valence-corrected chi connectivity index (χ2v) is 9.14. The van der Waals surface area contributed by atoms with Crippen LogP contribution in [0.3, 0.4) is 0 Å². The van der Waals surface area contributed by atoms with E-state index in [1.54, 1.807) is 24.3 Å². The van der Waals surface area contributed by atoms with Crippen molar-refractivity contribution in [3.05, 3.63) is 89.0 Å². The van der Waals surface area contributed by atoms with Crippen LogP contribution in [0.1, 0.15) is 27.0 Å². The number of nitrogens with one attached hydrogen (secondary N) is 1. The fraction of sp³-hybridized carbons (Fsp3) is 0.174. The molecule has 3 aromatic carbocycles. The summed E-state index contributed by atoms with van der Waals surface area (Å²) in [5.41, 5.74) is 4.56. The minimum atomic E-state index is -3.80. The smallest absolute Gasteiger partial charge is 0.264 e. The molecule has 0 atom stereocenters. The molecule has 1 N–H and O–H groups in total. The predicted molar refractivity (Wildman–Crippen MR) is 117 cm³/mol. The zero-order valence-corrected chi connectivity index (χ0v) is 17.7. The highest BCUT2D eigenvalue weighted by molar-refractivity contribution is 7.92. The minimum absolute atomic E-state index is 0.0644. The summed E-state index contributed by atoms with van der Waals surface area (Å²) in [6.45, 7) is 5.82. The molecular formula is C23H24N2O3S. The molecule has 0 aliphatic carbocycles. The Morgan fingerprint density at radius 1 is 0.828 bits per heavy atom. The first kappa shape index (κ1) is 20.6. The van der Waals surface area contributed by atoms with Crippen molar-refractivity contribution in [2.75, 3.05) is 16.7 Å². The molecule has 0 radical (unpaired) electrons. The van der Waals surface area contributed by atoms with Gasteiger partial charge in [0.2, 0.25) is 0 Å². The molecule has 6 heteroatoms. The molecule has 3 rings (SSSR count). The van der Waals surface area contributed by atoms with Gasteiger partial charge < -0.3 is 5.32 Å². The zero-order valence-electron chi connectivity index (χ0n) is 16.9. The second kappa shape index (κ2) is 8.09. The van der Waals surface area contributed by atoms with Gasteiger partial charge in [-0.3, -0.25) is 9.10 Å². The van der Waals surface area contributed by atoms with E-state index < -0.39 is 10.0 Å². The SMILES string of the molecule is Cc1cc(C)cc(NC(=O)c2cccc(S(=O)(=O)N(C)c3cccc(C)c3)c2)c1. The monoisotopic (exact) mass is 408 g/mol. The maximum absolute atomic E-state index is 13.1. The summed E-state index contributed by atoms with van der Waals surface area (Å²) in [5, 5.41) is 2.84. The normalized spacial score (nSPS) is 11.2. The number of rotatable bonds is 5. The summed E-state index contributed by atoms with van der Waals surface area (Å²) < 4.78 is 27.3. The van der Waals surface area contributed by atoms with E-state index in [-0.39, 0.29) is 16.4 Å². The van der Waals surface area contributed by atoms with Gasteiger partial charge in [-0.15, -0.1) is 0 Å².